The fourth-order valence-corrected chi connectivity index (χ4v) is 2.47. The van der Waals surface area contributed by atoms with Crippen LogP contribution in [-0.2, 0) is 9.84 Å². The monoisotopic (exact) mass is 265 g/mol. The first-order chi connectivity index (χ1) is 8.51. The lowest BCUT2D eigenvalue weighted by atomic mass is 10.3. The van der Waals surface area contributed by atoms with Crippen molar-refractivity contribution in [3.63, 3.8) is 0 Å². The third-order valence-electron chi connectivity index (χ3n) is 2.21. The Bertz CT molecular complexity index is 668. The maximum Gasteiger partial charge on any atom is 0.269 e. The summed E-state index contributed by atoms with van der Waals surface area (Å²) in [5.74, 6) is 0. The maximum absolute atomic E-state index is 12.1. The fourth-order valence-electron chi connectivity index (χ4n) is 1.31. The smallest absolute Gasteiger partial charge is 0.258 e. The van der Waals surface area contributed by atoms with Gasteiger partial charge in [0.2, 0.25) is 9.84 Å². The molecule has 0 aliphatic rings. The van der Waals surface area contributed by atoms with Crippen LogP contribution >= 0.6 is 0 Å². The number of aromatic nitrogens is 2. The van der Waals surface area contributed by atoms with Crippen LogP contribution in [-0.4, -0.2) is 23.3 Å². The Morgan fingerprint density at radius 2 is 1.56 bits per heavy atom. The molecule has 0 aliphatic carbocycles. The van der Waals surface area contributed by atoms with Gasteiger partial charge >= 0.3 is 0 Å². The van der Waals surface area contributed by atoms with Crippen molar-refractivity contribution in [3.05, 3.63) is 53.1 Å². The van der Waals surface area contributed by atoms with E-state index in [0.29, 0.717) is 0 Å². The van der Waals surface area contributed by atoms with E-state index in [9.17, 15) is 18.5 Å². The lowest BCUT2D eigenvalue weighted by Gasteiger charge is -2.02. The average Bonchev–Trinajstić information content (AvgIpc) is 2.40. The first-order valence-corrected chi connectivity index (χ1v) is 6.25. The van der Waals surface area contributed by atoms with Gasteiger partial charge in [-0.05, 0) is 12.1 Å². The number of sulfone groups is 1. The van der Waals surface area contributed by atoms with Gasteiger partial charge in [0, 0.05) is 24.5 Å². The third-order valence-corrected chi connectivity index (χ3v) is 3.93. The zero-order valence-corrected chi connectivity index (χ0v) is 9.74. The summed E-state index contributed by atoms with van der Waals surface area (Å²) in [5, 5.41) is 10.5. The summed E-state index contributed by atoms with van der Waals surface area (Å²) in [5.41, 5.74) is -0.168. The molecule has 0 aliphatic heterocycles. The molecule has 0 N–H and O–H groups in total. The average molecular weight is 265 g/mol. The topological polar surface area (TPSA) is 103 Å². The first kappa shape index (κ1) is 12.1. The van der Waals surface area contributed by atoms with Crippen LogP contribution in [0.15, 0.2) is 52.8 Å². The molecule has 0 radical (unpaired) electrons. The molecule has 0 saturated heterocycles. The molecule has 0 saturated carbocycles. The molecular weight excluding hydrogens is 258 g/mol. The highest BCUT2D eigenvalue weighted by Crippen LogP contribution is 2.21. The molecule has 0 bridgehead atoms. The number of nitrogens with zero attached hydrogens (tertiary/aromatic N) is 3. The molecule has 7 nitrogen and oxygen atoms in total. The molecule has 0 spiro atoms. The molecule has 0 atom stereocenters. The minimum atomic E-state index is -3.73. The van der Waals surface area contributed by atoms with Crippen LogP contribution in [0.5, 0.6) is 0 Å². The van der Waals surface area contributed by atoms with Crippen LogP contribution in [0.3, 0.4) is 0 Å². The van der Waals surface area contributed by atoms with Gasteiger partial charge in [-0.1, -0.05) is 0 Å². The molecule has 2 rings (SSSR count). The van der Waals surface area contributed by atoms with E-state index < -0.39 is 14.8 Å². The molecule has 2 aromatic rings. The summed E-state index contributed by atoms with van der Waals surface area (Å²) < 4.78 is 24.1. The third kappa shape index (κ3) is 2.18. The van der Waals surface area contributed by atoms with Crippen LogP contribution in [0.1, 0.15) is 0 Å². The van der Waals surface area contributed by atoms with Crippen molar-refractivity contribution in [1.29, 1.82) is 0 Å². The van der Waals surface area contributed by atoms with E-state index in [4.69, 9.17) is 0 Å². The highest BCUT2D eigenvalue weighted by atomic mass is 32.2. The minimum absolute atomic E-state index is 0.0390. The number of hydrogen-bond acceptors (Lipinski definition) is 6. The lowest BCUT2D eigenvalue weighted by Crippen LogP contribution is -2.03. The van der Waals surface area contributed by atoms with E-state index in [1.54, 1.807) is 0 Å². The highest BCUT2D eigenvalue weighted by molar-refractivity contribution is 7.91. The van der Waals surface area contributed by atoms with E-state index in [1.807, 2.05) is 0 Å². The van der Waals surface area contributed by atoms with Crippen molar-refractivity contribution < 1.29 is 13.3 Å². The Hall–Kier alpha value is -2.35. The molecule has 8 heteroatoms. The van der Waals surface area contributed by atoms with Crippen molar-refractivity contribution in [3.8, 4) is 0 Å². The van der Waals surface area contributed by atoms with Crippen molar-refractivity contribution >= 4 is 15.5 Å². The van der Waals surface area contributed by atoms with Crippen LogP contribution in [0.2, 0.25) is 0 Å². The summed E-state index contributed by atoms with van der Waals surface area (Å²) >= 11 is 0. The number of nitro groups is 1. The molecular formula is C10H7N3O4S. The molecule has 0 amide bonds. The largest absolute Gasteiger partial charge is 0.269 e. The van der Waals surface area contributed by atoms with E-state index in [0.717, 1.165) is 12.1 Å². The molecule has 1 aromatic heterocycles. The van der Waals surface area contributed by atoms with Gasteiger partial charge in [0.15, 0.2) is 0 Å². The highest BCUT2D eigenvalue weighted by Gasteiger charge is 2.19. The zero-order valence-electron chi connectivity index (χ0n) is 8.92. The van der Waals surface area contributed by atoms with Crippen LogP contribution < -0.4 is 0 Å². The first-order valence-electron chi connectivity index (χ1n) is 4.76. The lowest BCUT2D eigenvalue weighted by molar-refractivity contribution is -0.384. The molecule has 0 unspecified atom stereocenters. The van der Waals surface area contributed by atoms with Gasteiger partial charge in [-0.15, -0.1) is 0 Å². The van der Waals surface area contributed by atoms with E-state index in [2.05, 4.69) is 9.97 Å². The number of non-ortho nitro benzene ring substituents is 1. The normalized spacial score (nSPS) is 11.1. The Kier molecular flexibility index (Phi) is 3.02. The second kappa shape index (κ2) is 4.49. The Morgan fingerprint density at radius 1 is 1.00 bits per heavy atom. The maximum atomic E-state index is 12.1. The second-order valence-electron chi connectivity index (χ2n) is 3.33. The number of benzene rings is 1. The zero-order chi connectivity index (χ0) is 13.2. The van der Waals surface area contributed by atoms with Crippen LogP contribution in [0.4, 0.5) is 5.69 Å². The minimum Gasteiger partial charge on any atom is -0.258 e. The van der Waals surface area contributed by atoms with Gasteiger partial charge in [0.1, 0.15) is 11.2 Å². The SMILES string of the molecule is O=[N+]([O-])c1ccc(S(=O)(=O)c2cncnc2)cc1. The van der Waals surface area contributed by atoms with Gasteiger partial charge in [-0.3, -0.25) is 10.1 Å². The molecule has 92 valence electrons. The Balaban J connectivity index is 2.46. The fraction of sp³-hybridized carbons (Fsp3) is 0. The number of hydrogen-bond donors (Lipinski definition) is 0. The Labute approximate surface area is 102 Å². The van der Waals surface area contributed by atoms with Gasteiger partial charge in [0.25, 0.3) is 5.69 Å². The summed E-state index contributed by atoms with van der Waals surface area (Å²) in [7, 11) is -3.73. The summed E-state index contributed by atoms with van der Waals surface area (Å²) in [6, 6.07) is 4.63. The summed E-state index contributed by atoms with van der Waals surface area (Å²) in [4.78, 5) is 17.0. The molecule has 1 aromatic carbocycles. The van der Waals surface area contributed by atoms with Crippen LogP contribution in [0, 0.1) is 10.1 Å². The molecule has 0 fully saturated rings. The summed E-state index contributed by atoms with van der Waals surface area (Å²) in [6.07, 6.45) is 3.56. The van der Waals surface area contributed by atoms with Gasteiger partial charge < -0.3 is 0 Å². The van der Waals surface area contributed by atoms with Gasteiger partial charge in [-0.25, -0.2) is 18.4 Å². The van der Waals surface area contributed by atoms with Crippen molar-refractivity contribution in [2.45, 2.75) is 9.79 Å². The predicted octanol–water partition coefficient (Wildman–Crippen LogP) is 1.22. The second-order valence-corrected chi connectivity index (χ2v) is 5.28. The van der Waals surface area contributed by atoms with Crippen molar-refractivity contribution in [1.82, 2.24) is 9.97 Å². The molecule has 18 heavy (non-hydrogen) atoms. The standard InChI is InChI=1S/C10H7N3O4S/c14-13(15)8-1-3-9(4-2-8)18(16,17)10-5-11-7-12-6-10/h1-7H. The van der Waals surface area contributed by atoms with E-state index in [1.165, 1.54) is 30.9 Å². The van der Waals surface area contributed by atoms with Crippen molar-refractivity contribution in [2.75, 3.05) is 0 Å². The van der Waals surface area contributed by atoms with Crippen molar-refractivity contribution in [2.24, 2.45) is 0 Å². The van der Waals surface area contributed by atoms with E-state index >= 15 is 0 Å². The van der Waals surface area contributed by atoms with Gasteiger partial charge in [-0.2, -0.15) is 0 Å². The Morgan fingerprint density at radius 3 is 2.06 bits per heavy atom. The predicted molar refractivity (Wildman–Crippen MR) is 60.6 cm³/mol. The van der Waals surface area contributed by atoms with Gasteiger partial charge in [0.05, 0.1) is 9.82 Å². The number of nitro benzene ring substituents is 1. The van der Waals surface area contributed by atoms with E-state index in [-0.39, 0.29) is 15.5 Å². The quantitative estimate of drug-likeness (QED) is 0.610. The van der Waals surface area contributed by atoms with Crippen LogP contribution in [0.25, 0.3) is 0 Å². The number of rotatable bonds is 3. The molecule has 1 heterocycles. The summed E-state index contributed by atoms with van der Waals surface area (Å²) in [6.45, 7) is 0.